The van der Waals surface area contributed by atoms with Crippen LogP contribution in [0.4, 0.5) is 0 Å². The predicted molar refractivity (Wildman–Crippen MR) is 78.6 cm³/mol. The Bertz CT molecular complexity index is 444. The summed E-state index contributed by atoms with van der Waals surface area (Å²) in [5.74, 6) is 1.08. The molecule has 4 heteroatoms. The van der Waals surface area contributed by atoms with Crippen LogP contribution >= 0.6 is 15.9 Å². The molecule has 1 fully saturated rings. The molecule has 1 saturated heterocycles. The summed E-state index contributed by atoms with van der Waals surface area (Å²) in [6.45, 7) is 3.51. The summed E-state index contributed by atoms with van der Waals surface area (Å²) in [6, 6.07) is 4.31. The van der Waals surface area contributed by atoms with Gasteiger partial charge in [0.05, 0.1) is 12.7 Å². The number of rotatable bonds is 4. The minimum absolute atomic E-state index is 0.384. The van der Waals surface area contributed by atoms with E-state index in [1.54, 1.807) is 0 Å². The number of hydrogen-bond donors (Lipinski definition) is 1. The summed E-state index contributed by atoms with van der Waals surface area (Å²) in [4.78, 5) is 0. The molecule has 1 aromatic rings. The van der Waals surface area contributed by atoms with Crippen LogP contribution < -0.4 is 10.1 Å². The number of ether oxygens (including phenoxy) is 2. The fourth-order valence-electron chi connectivity index (χ4n) is 2.81. The average Bonchev–Trinajstić information content (AvgIpc) is 2.88. The van der Waals surface area contributed by atoms with Crippen molar-refractivity contribution in [1.29, 1.82) is 0 Å². The van der Waals surface area contributed by atoms with Crippen LogP contribution in [0.5, 0.6) is 5.75 Å². The van der Waals surface area contributed by atoms with Gasteiger partial charge in [-0.2, -0.15) is 0 Å². The highest BCUT2D eigenvalue weighted by molar-refractivity contribution is 9.10. The Morgan fingerprint density at radius 2 is 2.21 bits per heavy atom. The summed E-state index contributed by atoms with van der Waals surface area (Å²) in [5, 5.41) is 3.50. The highest BCUT2D eigenvalue weighted by Crippen LogP contribution is 2.32. The molecule has 1 aromatic carbocycles. The second-order valence-corrected chi connectivity index (χ2v) is 6.19. The number of fused-ring (bicyclic) bond motifs is 1. The van der Waals surface area contributed by atoms with Crippen molar-refractivity contribution in [3.05, 3.63) is 27.7 Å². The molecule has 1 N–H and O–H groups in total. The molecule has 19 heavy (non-hydrogen) atoms. The van der Waals surface area contributed by atoms with Crippen LogP contribution in [-0.4, -0.2) is 25.9 Å². The monoisotopic (exact) mass is 325 g/mol. The van der Waals surface area contributed by atoms with Gasteiger partial charge in [-0.15, -0.1) is 0 Å². The van der Waals surface area contributed by atoms with Crippen LogP contribution in [0.3, 0.4) is 0 Å². The van der Waals surface area contributed by atoms with Crippen molar-refractivity contribution >= 4 is 15.9 Å². The smallest absolute Gasteiger partial charge is 0.127 e. The van der Waals surface area contributed by atoms with E-state index in [0.717, 1.165) is 42.9 Å². The summed E-state index contributed by atoms with van der Waals surface area (Å²) in [5.41, 5.74) is 2.57. The summed E-state index contributed by atoms with van der Waals surface area (Å²) < 4.78 is 12.6. The molecule has 2 aliphatic heterocycles. The van der Waals surface area contributed by atoms with E-state index in [9.17, 15) is 0 Å². The Kier molecular flexibility index (Phi) is 4.41. The zero-order valence-electron chi connectivity index (χ0n) is 11.1. The minimum Gasteiger partial charge on any atom is -0.493 e. The van der Waals surface area contributed by atoms with Gasteiger partial charge in [-0.3, -0.25) is 0 Å². The highest BCUT2D eigenvalue weighted by Gasteiger charge is 2.18. The van der Waals surface area contributed by atoms with Gasteiger partial charge >= 0.3 is 0 Å². The second kappa shape index (κ2) is 6.25. The standard InChI is InChI=1S/C15H20BrNO2/c16-13-7-11-4-6-19-15(11)12(8-13)9-17-10-14-3-1-2-5-18-14/h7-8,14,17H,1-6,9-10H2. The quantitative estimate of drug-likeness (QED) is 0.923. The first-order chi connectivity index (χ1) is 9.33. The maximum absolute atomic E-state index is 5.74. The van der Waals surface area contributed by atoms with E-state index in [1.165, 1.54) is 30.4 Å². The molecule has 1 unspecified atom stereocenters. The number of benzene rings is 1. The molecule has 2 heterocycles. The van der Waals surface area contributed by atoms with Crippen molar-refractivity contribution < 1.29 is 9.47 Å². The summed E-state index contributed by atoms with van der Waals surface area (Å²) in [7, 11) is 0. The van der Waals surface area contributed by atoms with E-state index >= 15 is 0 Å². The van der Waals surface area contributed by atoms with Crippen molar-refractivity contribution in [2.75, 3.05) is 19.8 Å². The third-order valence-electron chi connectivity index (χ3n) is 3.79. The Labute approximate surface area is 122 Å². The lowest BCUT2D eigenvalue weighted by Crippen LogP contribution is -2.31. The van der Waals surface area contributed by atoms with Crippen molar-refractivity contribution in [2.45, 2.75) is 38.3 Å². The molecule has 104 valence electrons. The molecule has 3 nitrogen and oxygen atoms in total. The van der Waals surface area contributed by atoms with E-state index in [1.807, 2.05) is 0 Å². The molecule has 0 aliphatic carbocycles. The molecular weight excluding hydrogens is 306 g/mol. The maximum atomic E-state index is 5.74. The zero-order chi connectivity index (χ0) is 13.1. The molecule has 0 aromatic heterocycles. The van der Waals surface area contributed by atoms with Gasteiger partial charge in [-0.25, -0.2) is 0 Å². The van der Waals surface area contributed by atoms with Crippen LogP contribution in [0.15, 0.2) is 16.6 Å². The van der Waals surface area contributed by atoms with Crippen molar-refractivity contribution in [3.63, 3.8) is 0 Å². The third-order valence-corrected chi connectivity index (χ3v) is 4.24. The zero-order valence-corrected chi connectivity index (χ0v) is 12.7. The molecule has 2 aliphatic rings. The van der Waals surface area contributed by atoms with Gasteiger partial charge in [0.15, 0.2) is 0 Å². The number of hydrogen-bond acceptors (Lipinski definition) is 3. The minimum atomic E-state index is 0.384. The fourth-order valence-corrected chi connectivity index (χ4v) is 3.37. The third kappa shape index (κ3) is 3.30. The Morgan fingerprint density at radius 3 is 3.05 bits per heavy atom. The molecule has 3 rings (SSSR count). The van der Waals surface area contributed by atoms with Gasteiger partial charge in [-0.1, -0.05) is 15.9 Å². The number of nitrogens with one attached hydrogen (secondary N) is 1. The van der Waals surface area contributed by atoms with Gasteiger partial charge in [0.1, 0.15) is 5.75 Å². The highest BCUT2D eigenvalue weighted by atomic mass is 79.9. The van der Waals surface area contributed by atoms with Gasteiger partial charge in [0.2, 0.25) is 0 Å². The largest absolute Gasteiger partial charge is 0.493 e. The van der Waals surface area contributed by atoms with E-state index in [-0.39, 0.29) is 0 Å². The molecule has 1 atom stereocenters. The lowest BCUT2D eigenvalue weighted by atomic mass is 10.1. The van der Waals surface area contributed by atoms with E-state index in [0.29, 0.717) is 6.10 Å². The molecular formula is C15H20BrNO2. The topological polar surface area (TPSA) is 30.5 Å². The predicted octanol–water partition coefficient (Wildman–Crippen LogP) is 3.04. The van der Waals surface area contributed by atoms with Crippen LogP contribution in [0.25, 0.3) is 0 Å². The van der Waals surface area contributed by atoms with Gasteiger partial charge in [0, 0.05) is 36.2 Å². The van der Waals surface area contributed by atoms with Crippen LogP contribution in [-0.2, 0) is 17.7 Å². The Balaban J connectivity index is 1.57. The van der Waals surface area contributed by atoms with Gasteiger partial charge < -0.3 is 14.8 Å². The second-order valence-electron chi connectivity index (χ2n) is 5.27. The fraction of sp³-hybridized carbons (Fsp3) is 0.600. The SMILES string of the molecule is Brc1cc2c(c(CNCC3CCCCO3)c1)OCC2. The van der Waals surface area contributed by atoms with E-state index in [4.69, 9.17) is 9.47 Å². The summed E-state index contributed by atoms with van der Waals surface area (Å²) >= 11 is 3.58. The van der Waals surface area contributed by atoms with Crippen LogP contribution in [0, 0.1) is 0 Å². The lowest BCUT2D eigenvalue weighted by molar-refractivity contribution is 0.0167. The summed E-state index contributed by atoms with van der Waals surface area (Å²) in [6.07, 6.45) is 5.09. The Hall–Kier alpha value is -0.580. The first kappa shape index (κ1) is 13.4. The average molecular weight is 326 g/mol. The lowest BCUT2D eigenvalue weighted by Gasteiger charge is -2.23. The molecule has 0 amide bonds. The maximum Gasteiger partial charge on any atom is 0.127 e. The van der Waals surface area contributed by atoms with E-state index in [2.05, 4.69) is 33.4 Å². The van der Waals surface area contributed by atoms with Gasteiger partial charge in [0.25, 0.3) is 0 Å². The number of halogens is 1. The van der Waals surface area contributed by atoms with Crippen molar-refractivity contribution in [1.82, 2.24) is 5.32 Å². The first-order valence-corrected chi connectivity index (χ1v) is 7.88. The molecule has 0 bridgehead atoms. The molecule has 0 radical (unpaired) electrons. The van der Waals surface area contributed by atoms with Crippen molar-refractivity contribution in [3.8, 4) is 5.75 Å². The Morgan fingerprint density at radius 1 is 1.26 bits per heavy atom. The van der Waals surface area contributed by atoms with Crippen molar-refractivity contribution in [2.24, 2.45) is 0 Å². The first-order valence-electron chi connectivity index (χ1n) is 7.09. The normalized spacial score (nSPS) is 22.1. The van der Waals surface area contributed by atoms with E-state index < -0.39 is 0 Å². The van der Waals surface area contributed by atoms with Gasteiger partial charge in [-0.05, 0) is 37.0 Å². The molecule has 0 spiro atoms. The van der Waals surface area contributed by atoms with Crippen LogP contribution in [0.2, 0.25) is 0 Å². The molecule has 0 saturated carbocycles. The van der Waals surface area contributed by atoms with Crippen LogP contribution in [0.1, 0.15) is 30.4 Å².